The van der Waals surface area contributed by atoms with Gasteiger partial charge in [-0.3, -0.25) is 4.79 Å². The number of allylic oxidation sites excluding steroid dienone is 2. The van der Waals surface area contributed by atoms with Crippen LogP contribution in [-0.4, -0.2) is 52.4 Å². The van der Waals surface area contributed by atoms with Gasteiger partial charge in [-0.25, -0.2) is 0 Å². The lowest BCUT2D eigenvalue weighted by Gasteiger charge is -2.36. The summed E-state index contributed by atoms with van der Waals surface area (Å²) in [5.41, 5.74) is 2.23. The number of rotatable bonds is 11. The van der Waals surface area contributed by atoms with Crippen molar-refractivity contribution in [3.05, 3.63) is 52.8 Å². The Bertz CT molecular complexity index is 1160. The first kappa shape index (κ1) is 33.8. The average Bonchev–Trinajstić information content (AvgIpc) is 3.27. The van der Waals surface area contributed by atoms with E-state index < -0.39 is 8.07 Å². The second-order valence-corrected chi connectivity index (χ2v) is 19.4. The zero-order valence-electron chi connectivity index (χ0n) is 28.4. The van der Waals surface area contributed by atoms with E-state index in [4.69, 9.17) is 18.9 Å². The highest BCUT2D eigenvalue weighted by Gasteiger charge is 2.53. The number of benzene rings is 1. The molecule has 244 valence electrons. The minimum Gasteiger partial charge on any atom is -0.353 e. The van der Waals surface area contributed by atoms with Crippen molar-refractivity contribution in [2.75, 3.05) is 19.8 Å². The Morgan fingerprint density at radius 3 is 2.34 bits per heavy atom. The van der Waals surface area contributed by atoms with Crippen LogP contribution in [0, 0.1) is 23.2 Å². The van der Waals surface area contributed by atoms with Gasteiger partial charge < -0.3 is 18.9 Å². The number of Topliss-reactive ketones (excluding diaryl/α,β-unsaturated/α-hetero) is 1. The molecule has 2 aliphatic carbocycles. The van der Waals surface area contributed by atoms with Crippen LogP contribution in [0.1, 0.15) is 98.3 Å². The van der Waals surface area contributed by atoms with Crippen LogP contribution in [0.3, 0.4) is 0 Å². The van der Waals surface area contributed by atoms with E-state index in [0.717, 1.165) is 83.0 Å². The zero-order valence-corrected chi connectivity index (χ0v) is 29.4. The van der Waals surface area contributed by atoms with Crippen molar-refractivity contribution in [1.29, 1.82) is 0 Å². The summed E-state index contributed by atoms with van der Waals surface area (Å²) in [5, 5.41) is 2.90. The van der Waals surface area contributed by atoms with Gasteiger partial charge in [0.05, 0.1) is 12.7 Å². The summed E-state index contributed by atoms with van der Waals surface area (Å²) < 4.78 is 24.8. The van der Waals surface area contributed by atoms with Crippen LogP contribution in [0.25, 0.3) is 0 Å². The van der Waals surface area contributed by atoms with Crippen LogP contribution in [0.4, 0.5) is 0 Å². The molecule has 3 unspecified atom stereocenters. The normalized spacial score (nSPS) is 32.2. The zero-order chi connectivity index (χ0) is 31.3. The van der Waals surface area contributed by atoms with Crippen molar-refractivity contribution in [3.63, 3.8) is 0 Å². The van der Waals surface area contributed by atoms with Crippen molar-refractivity contribution in [1.82, 2.24) is 0 Å². The summed E-state index contributed by atoms with van der Waals surface area (Å²) >= 11 is 0. The summed E-state index contributed by atoms with van der Waals surface area (Å²) in [6, 6.07) is 11.0. The van der Waals surface area contributed by atoms with Gasteiger partial charge in [-0.1, -0.05) is 80.7 Å². The molecular weight excluding hydrogens is 564 g/mol. The summed E-state index contributed by atoms with van der Waals surface area (Å²) in [5.74, 6) is 1.37. The van der Waals surface area contributed by atoms with Crippen molar-refractivity contribution in [2.24, 2.45) is 23.2 Å². The molecule has 2 saturated heterocycles. The predicted octanol–water partition coefficient (Wildman–Crippen LogP) is 8.28. The molecule has 1 saturated carbocycles. The van der Waals surface area contributed by atoms with Crippen molar-refractivity contribution in [2.45, 2.75) is 130 Å². The van der Waals surface area contributed by atoms with Crippen LogP contribution < -0.4 is 5.19 Å². The molecule has 0 amide bonds. The van der Waals surface area contributed by atoms with Gasteiger partial charge in [0.1, 0.15) is 8.07 Å². The molecular formula is C38H58O5Si. The number of carbonyl (C=O) groups is 1. The molecule has 1 aromatic carbocycles. The number of hydrogen-bond acceptors (Lipinski definition) is 5. The molecule has 0 N–H and O–H groups in total. The standard InChI is InChI=1S/C38H58O5Si/c1-27(2)32-26-33(43-35-17-11-13-24-41-35)36-28(3)37(39)29(20-22-38(32,36)4)18-19-31(21-25-42-34-16-10-12-23-40-34)44(5,6)30-14-8-7-9-15-30/h7-9,14-15,19,27,29,32-35H,10-13,16-18,20-26H2,1-6H3/b31-19+/t29?,32-,33+,34?,35?,38-/m1/s1. The fourth-order valence-corrected chi connectivity index (χ4v) is 11.5. The number of carbonyl (C=O) groups excluding carboxylic acids is 1. The monoisotopic (exact) mass is 622 g/mol. The molecule has 4 aliphatic rings. The van der Waals surface area contributed by atoms with Crippen molar-refractivity contribution in [3.8, 4) is 0 Å². The van der Waals surface area contributed by atoms with E-state index in [-0.39, 0.29) is 30.0 Å². The fourth-order valence-electron chi connectivity index (χ4n) is 8.71. The SMILES string of the molecule is CC1=C2[C@@H](OC3CCCCO3)C[C@H](C(C)C)[C@@]2(C)CCC(C/C=C(\CCOC2CCCCO2)[Si](C)(C)c2ccccc2)C1=O. The van der Waals surface area contributed by atoms with Gasteiger partial charge in [-0.05, 0) is 106 Å². The molecule has 6 heteroatoms. The van der Waals surface area contributed by atoms with Crippen LogP contribution in [0.15, 0.2) is 52.8 Å². The highest BCUT2D eigenvalue weighted by atomic mass is 28.3. The van der Waals surface area contributed by atoms with E-state index in [1.165, 1.54) is 22.4 Å². The molecule has 0 spiro atoms. The molecule has 5 nitrogen and oxygen atoms in total. The minimum absolute atomic E-state index is 0.00230. The number of hydrogen-bond donors (Lipinski definition) is 0. The maximum absolute atomic E-state index is 14.3. The predicted molar refractivity (Wildman–Crippen MR) is 180 cm³/mol. The third kappa shape index (κ3) is 7.52. The van der Waals surface area contributed by atoms with E-state index in [1.54, 1.807) is 0 Å². The lowest BCUT2D eigenvalue weighted by molar-refractivity contribution is -0.180. The van der Waals surface area contributed by atoms with E-state index in [9.17, 15) is 4.79 Å². The lowest BCUT2D eigenvalue weighted by atomic mass is 9.69. The Hall–Kier alpha value is -1.57. The largest absolute Gasteiger partial charge is 0.353 e. The highest BCUT2D eigenvalue weighted by molar-refractivity contribution is 6.95. The summed E-state index contributed by atoms with van der Waals surface area (Å²) in [4.78, 5) is 14.3. The Balaban J connectivity index is 1.38. The first-order valence-electron chi connectivity index (χ1n) is 17.6. The van der Waals surface area contributed by atoms with Crippen LogP contribution in [-0.2, 0) is 23.7 Å². The van der Waals surface area contributed by atoms with Crippen LogP contribution >= 0.6 is 0 Å². The highest BCUT2D eigenvalue weighted by Crippen LogP contribution is 2.57. The first-order valence-corrected chi connectivity index (χ1v) is 20.6. The third-order valence-corrected chi connectivity index (χ3v) is 15.2. The second kappa shape index (κ2) is 14.9. The molecule has 5 rings (SSSR count). The Morgan fingerprint density at radius 2 is 1.70 bits per heavy atom. The molecule has 0 radical (unpaired) electrons. The van der Waals surface area contributed by atoms with E-state index in [1.807, 2.05) is 0 Å². The third-order valence-electron chi connectivity index (χ3n) is 11.4. The van der Waals surface area contributed by atoms with E-state index >= 15 is 0 Å². The average molecular weight is 623 g/mol. The maximum atomic E-state index is 14.3. The topological polar surface area (TPSA) is 54.0 Å². The van der Waals surface area contributed by atoms with E-state index in [2.05, 4.69) is 77.2 Å². The van der Waals surface area contributed by atoms with Gasteiger partial charge in [-0.15, -0.1) is 0 Å². The summed E-state index contributed by atoms with van der Waals surface area (Å²) in [6.45, 7) is 16.3. The molecule has 2 heterocycles. The minimum atomic E-state index is -1.95. The van der Waals surface area contributed by atoms with Gasteiger partial charge in [-0.2, -0.15) is 0 Å². The van der Waals surface area contributed by atoms with Crippen LogP contribution in [0.5, 0.6) is 0 Å². The molecule has 0 bridgehead atoms. The molecule has 6 atom stereocenters. The smallest absolute Gasteiger partial charge is 0.162 e. The molecule has 2 aliphatic heterocycles. The summed E-state index contributed by atoms with van der Waals surface area (Å²) in [7, 11) is -1.95. The first-order chi connectivity index (χ1) is 21.1. The molecule has 44 heavy (non-hydrogen) atoms. The second-order valence-electron chi connectivity index (χ2n) is 14.9. The van der Waals surface area contributed by atoms with Gasteiger partial charge in [0.2, 0.25) is 0 Å². The quantitative estimate of drug-likeness (QED) is 0.233. The fraction of sp³-hybridized carbons (Fsp3) is 0.711. The van der Waals surface area contributed by atoms with Gasteiger partial charge in [0.25, 0.3) is 0 Å². The Kier molecular flexibility index (Phi) is 11.4. The molecule has 1 aromatic rings. The molecule has 3 fully saturated rings. The van der Waals surface area contributed by atoms with Gasteiger partial charge in [0.15, 0.2) is 18.4 Å². The lowest BCUT2D eigenvalue weighted by Crippen LogP contribution is -2.44. The summed E-state index contributed by atoms with van der Waals surface area (Å²) in [6.07, 6.45) is 13.3. The molecule has 0 aromatic heterocycles. The Labute approximate surface area is 268 Å². The van der Waals surface area contributed by atoms with E-state index in [0.29, 0.717) is 24.2 Å². The van der Waals surface area contributed by atoms with Gasteiger partial charge in [0, 0.05) is 19.1 Å². The number of fused-ring (bicyclic) bond motifs is 1. The van der Waals surface area contributed by atoms with Gasteiger partial charge >= 0.3 is 0 Å². The maximum Gasteiger partial charge on any atom is 0.162 e. The number of ketones is 1. The Morgan fingerprint density at radius 1 is 1.02 bits per heavy atom. The van der Waals surface area contributed by atoms with Crippen LogP contribution in [0.2, 0.25) is 13.1 Å². The number of ether oxygens (including phenoxy) is 4. The van der Waals surface area contributed by atoms with Crippen molar-refractivity contribution >= 4 is 19.0 Å². The van der Waals surface area contributed by atoms with Crippen molar-refractivity contribution < 1.29 is 23.7 Å².